The van der Waals surface area contributed by atoms with Gasteiger partial charge in [-0.3, -0.25) is 4.79 Å². The highest BCUT2D eigenvalue weighted by Crippen LogP contribution is 2.20. The molecular formula is C7H13NO2. The molecule has 2 N–H and O–H groups in total. The summed E-state index contributed by atoms with van der Waals surface area (Å²) in [5.74, 6) is 0.375. The van der Waals surface area contributed by atoms with Gasteiger partial charge in [-0.15, -0.1) is 0 Å². The number of amides is 1. The van der Waals surface area contributed by atoms with Gasteiger partial charge in [-0.25, -0.2) is 0 Å². The molecule has 3 nitrogen and oxygen atoms in total. The van der Waals surface area contributed by atoms with Crippen LogP contribution in [0.3, 0.4) is 0 Å². The summed E-state index contributed by atoms with van der Waals surface area (Å²) in [6.45, 7) is 3.96. The number of hydrogen-bond acceptors (Lipinski definition) is 2. The normalized spacial score (nSPS) is 34.5. The highest BCUT2D eigenvalue weighted by molar-refractivity contribution is 5.85. The fraction of sp³-hybridized carbons (Fsp3) is 0.857. The summed E-state index contributed by atoms with van der Waals surface area (Å²) >= 11 is 0. The van der Waals surface area contributed by atoms with Crippen LogP contribution < -0.4 is 5.32 Å². The molecule has 0 bridgehead atoms. The van der Waals surface area contributed by atoms with E-state index in [1.165, 1.54) is 0 Å². The maximum absolute atomic E-state index is 10.7. The van der Waals surface area contributed by atoms with Gasteiger partial charge in [0, 0.05) is 18.6 Å². The molecular weight excluding hydrogens is 130 g/mol. The van der Waals surface area contributed by atoms with Gasteiger partial charge in [0.05, 0.1) is 5.92 Å². The van der Waals surface area contributed by atoms with E-state index in [4.69, 9.17) is 5.11 Å². The largest absolute Gasteiger partial charge is 0.396 e. The minimum absolute atomic E-state index is 0.0853. The smallest absolute Gasteiger partial charge is 0.225 e. The van der Waals surface area contributed by atoms with Crippen molar-refractivity contribution in [2.75, 3.05) is 6.61 Å². The van der Waals surface area contributed by atoms with Crippen LogP contribution in [0.4, 0.5) is 0 Å². The molecule has 1 fully saturated rings. The van der Waals surface area contributed by atoms with E-state index in [0.29, 0.717) is 0 Å². The second kappa shape index (κ2) is 2.58. The Morgan fingerprint density at radius 3 is 2.70 bits per heavy atom. The molecule has 1 heterocycles. The third-order valence-corrected chi connectivity index (χ3v) is 2.16. The van der Waals surface area contributed by atoms with Crippen molar-refractivity contribution < 1.29 is 9.90 Å². The Balaban J connectivity index is 2.39. The zero-order valence-electron chi connectivity index (χ0n) is 6.29. The zero-order valence-corrected chi connectivity index (χ0v) is 6.29. The van der Waals surface area contributed by atoms with E-state index in [1.54, 1.807) is 0 Å². The summed E-state index contributed by atoms with van der Waals surface area (Å²) in [5, 5.41) is 11.5. The van der Waals surface area contributed by atoms with E-state index in [0.717, 1.165) is 0 Å². The number of carbonyl (C=O) groups is 1. The van der Waals surface area contributed by atoms with Crippen molar-refractivity contribution in [1.29, 1.82) is 0 Å². The van der Waals surface area contributed by atoms with Crippen LogP contribution in [-0.4, -0.2) is 23.7 Å². The fourth-order valence-corrected chi connectivity index (χ4v) is 1.24. The first-order chi connectivity index (χ1) is 4.66. The van der Waals surface area contributed by atoms with Gasteiger partial charge in [-0.05, 0) is 0 Å². The fourth-order valence-electron chi connectivity index (χ4n) is 1.24. The molecule has 58 valence electrons. The molecule has 0 spiro atoms. The molecule has 1 saturated heterocycles. The molecule has 0 radical (unpaired) electrons. The monoisotopic (exact) mass is 143 g/mol. The first-order valence-electron chi connectivity index (χ1n) is 3.58. The van der Waals surface area contributed by atoms with Crippen LogP contribution in [0.25, 0.3) is 0 Å². The molecule has 0 aromatic heterocycles. The van der Waals surface area contributed by atoms with Crippen LogP contribution in [0.15, 0.2) is 0 Å². The van der Waals surface area contributed by atoms with Crippen LogP contribution >= 0.6 is 0 Å². The van der Waals surface area contributed by atoms with Crippen molar-refractivity contribution in [1.82, 2.24) is 5.32 Å². The van der Waals surface area contributed by atoms with Gasteiger partial charge in [-0.2, -0.15) is 0 Å². The third kappa shape index (κ3) is 1.01. The van der Waals surface area contributed by atoms with Crippen molar-refractivity contribution in [3.63, 3.8) is 0 Å². The number of carbonyl (C=O) groups excluding carboxylic acids is 1. The Morgan fingerprint density at radius 1 is 1.80 bits per heavy atom. The predicted octanol–water partition coefficient (Wildman–Crippen LogP) is -0.251. The van der Waals surface area contributed by atoms with Crippen LogP contribution in [0.2, 0.25) is 0 Å². The molecule has 1 aliphatic rings. The highest BCUT2D eigenvalue weighted by atomic mass is 16.3. The molecule has 0 aromatic carbocycles. The molecule has 0 aliphatic carbocycles. The number of β-lactam (4-membered cyclic amide) rings is 1. The number of nitrogens with one attached hydrogen (secondary N) is 1. The van der Waals surface area contributed by atoms with Gasteiger partial charge in [0.1, 0.15) is 0 Å². The number of rotatable bonds is 2. The SMILES string of the molecule is CC(CO)C1NC(=O)C1C. The lowest BCUT2D eigenvalue weighted by Gasteiger charge is -2.37. The topological polar surface area (TPSA) is 49.3 Å². The molecule has 3 atom stereocenters. The quantitative estimate of drug-likeness (QED) is 0.524. The van der Waals surface area contributed by atoms with Gasteiger partial charge in [0.25, 0.3) is 0 Å². The first kappa shape index (κ1) is 7.54. The maximum Gasteiger partial charge on any atom is 0.225 e. The van der Waals surface area contributed by atoms with Gasteiger partial charge < -0.3 is 10.4 Å². The van der Waals surface area contributed by atoms with Crippen LogP contribution in [0, 0.1) is 11.8 Å². The van der Waals surface area contributed by atoms with Crippen molar-refractivity contribution in [2.45, 2.75) is 19.9 Å². The predicted molar refractivity (Wildman–Crippen MR) is 37.3 cm³/mol. The molecule has 0 aromatic rings. The second-order valence-electron chi connectivity index (χ2n) is 2.98. The van der Waals surface area contributed by atoms with E-state index >= 15 is 0 Å². The summed E-state index contributed by atoms with van der Waals surface area (Å²) in [7, 11) is 0. The number of aliphatic hydroxyl groups excluding tert-OH is 1. The highest BCUT2D eigenvalue weighted by Gasteiger charge is 2.38. The lowest BCUT2D eigenvalue weighted by Crippen LogP contribution is -2.60. The van der Waals surface area contributed by atoms with E-state index in [-0.39, 0.29) is 30.4 Å². The molecule has 0 saturated carbocycles. The Labute approximate surface area is 60.4 Å². The van der Waals surface area contributed by atoms with Crippen molar-refractivity contribution >= 4 is 5.91 Å². The van der Waals surface area contributed by atoms with Crippen molar-refractivity contribution in [3.05, 3.63) is 0 Å². The minimum Gasteiger partial charge on any atom is -0.396 e. The standard InChI is InChI=1S/C7H13NO2/c1-4(3-9)6-5(2)7(10)8-6/h4-6,9H,3H2,1-2H3,(H,8,10). The van der Waals surface area contributed by atoms with Gasteiger partial charge >= 0.3 is 0 Å². The minimum atomic E-state index is 0.0853. The van der Waals surface area contributed by atoms with E-state index < -0.39 is 0 Å². The molecule has 1 amide bonds. The Kier molecular flexibility index (Phi) is 1.94. The molecule has 3 unspecified atom stereocenters. The third-order valence-electron chi connectivity index (χ3n) is 2.16. The van der Waals surface area contributed by atoms with E-state index in [2.05, 4.69) is 5.32 Å². The summed E-state index contributed by atoms with van der Waals surface area (Å²) < 4.78 is 0. The summed E-state index contributed by atoms with van der Waals surface area (Å²) in [5.41, 5.74) is 0. The summed E-state index contributed by atoms with van der Waals surface area (Å²) in [4.78, 5) is 10.7. The Morgan fingerprint density at radius 2 is 2.40 bits per heavy atom. The zero-order chi connectivity index (χ0) is 7.72. The van der Waals surface area contributed by atoms with Crippen LogP contribution in [-0.2, 0) is 4.79 Å². The summed E-state index contributed by atoms with van der Waals surface area (Å²) in [6, 6.07) is 0.192. The van der Waals surface area contributed by atoms with Gasteiger partial charge in [0.15, 0.2) is 0 Å². The average Bonchev–Trinajstić information content (AvgIpc) is 1.98. The van der Waals surface area contributed by atoms with Gasteiger partial charge in [0.2, 0.25) is 5.91 Å². The van der Waals surface area contributed by atoms with Crippen LogP contribution in [0.1, 0.15) is 13.8 Å². The lowest BCUT2D eigenvalue weighted by atomic mass is 9.84. The van der Waals surface area contributed by atoms with Crippen molar-refractivity contribution in [3.8, 4) is 0 Å². The first-order valence-corrected chi connectivity index (χ1v) is 3.58. The van der Waals surface area contributed by atoms with Crippen LogP contribution in [0.5, 0.6) is 0 Å². The Bertz CT molecular complexity index is 147. The van der Waals surface area contributed by atoms with E-state index in [9.17, 15) is 4.79 Å². The average molecular weight is 143 g/mol. The van der Waals surface area contributed by atoms with E-state index in [1.807, 2.05) is 13.8 Å². The second-order valence-corrected chi connectivity index (χ2v) is 2.98. The Hall–Kier alpha value is -0.570. The maximum atomic E-state index is 10.7. The van der Waals surface area contributed by atoms with Crippen molar-refractivity contribution in [2.24, 2.45) is 11.8 Å². The molecule has 1 aliphatic heterocycles. The lowest BCUT2D eigenvalue weighted by molar-refractivity contribution is -0.136. The molecule has 1 rings (SSSR count). The molecule has 3 heteroatoms. The van der Waals surface area contributed by atoms with Gasteiger partial charge in [-0.1, -0.05) is 13.8 Å². The number of hydrogen-bond donors (Lipinski definition) is 2. The molecule has 10 heavy (non-hydrogen) atoms. The number of aliphatic hydroxyl groups is 1. The summed E-state index contributed by atoms with van der Waals surface area (Å²) in [6.07, 6.45) is 0.